The van der Waals surface area contributed by atoms with E-state index in [1.165, 1.54) is 34.6 Å². The van der Waals surface area contributed by atoms with Crippen molar-refractivity contribution in [3.8, 4) is 11.9 Å². The quantitative estimate of drug-likeness (QED) is 0.257. The first-order chi connectivity index (χ1) is 31.6. The Bertz CT molecular complexity index is 2300. The number of ether oxygens (including phenoxy) is 2. The van der Waals surface area contributed by atoms with Crippen molar-refractivity contribution < 1.29 is 33.8 Å². The second-order valence-electron chi connectivity index (χ2n) is 17.0. The first-order valence-corrected chi connectivity index (χ1v) is 22.9. The normalized spacial score (nSPS) is 21.1. The van der Waals surface area contributed by atoms with Crippen LogP contribution in [0.25, 0.3) is 11.9 Å². The molecule has 66 heavy (non-hydrogen) atoms. The van der Waals surface area contributed by atoms with Crippen LogP contribution in [0.4, 0.5) is 23.0 Å². The Morgan fingerprint density at radius 2 is 1.12 bits per heavy atom. The number of carbonyl (C=O) groups is 4. The summed E-state index contributed by atoms with van der Waals surface area (Å²) in [5, 5.41) is 20.7. The lowest BCUT2D eigenvalue weighted by atomic mass is 10.0. The molecule has 4 aromatic heterocycles. The number of amides is 3. The fourth-order valence-electron chi connectivity index (χ4n) is 9.52. The van der Waals surface area contributed by atoms with E-state index in [9.17, 15) is 19.2 Å². The van der Waals surface area contributed by atoms with Crippen LogP contribution in [0.15, 0.2) is 37.2 Å². The van der Waals surface area contributed by atoms with Gasteiger partial charge in [0, 0.05) is 64.8 Å². The third kappa shape index (κ3) is 9.87. The molecule has 2 saturated carbocycles. The van der Waals surface area contributed by atoms with Gasteiger partial charge in [0.25, 0.3) is 17.8 Å². The molecule has 0 aromatic carbocycles. The number of fused-ring (bicyclic) bond motifs is 2. The molecule has 21 heteroatoms. The van der Waals surface area contributed by atoms with Crippen LogP contribution >= 0.6 is 0 Å². The highest BCUT2D eigenvalue weighted by Gasteiger charge is 2.43. The van der Waals surface area contributed by atoms with Gasteiger partial charge >= 0.3 is 5.97 Å². The van der Waals surface area contributed by atoms with Gasteiger partial charge in [-0.15, -0.1) is 0 Å². The number of hydrogen-bond donors (Lipinski definition) is 2. The smallest absolute Gasteiger partial charge is 0.338 e. The molecular weight excluding hydrogens is 849 g/mol. The number of nitrogens with one attached hydrogen (secondary N) is 1. The van der Waals surface area contributed by atoms with Crippen LogP contribution in [-0.4, -0.2) is 164 Å². The van der Waals surface area contributed by atoms with Crippen LogP contribution in [0.1, 0.15) is 106 Å². The van der Waals surface area contributed by atoms with Gasteiger partial charge in [0.2, 0.25) is 11.8 Å². The van der Waals surface area contributed by atoms with Gasteiger partial charge in [0.05, 0.1) is 62.3 Å². The van der Waals surface area contributed by atoms with E-state index in [0.29, 0.717) is 73.4 Å². The van der Waals surface area contributed by atoms with Gasteiger partial charge in [0.1, 0.15) is 23.5 Å². The van der Waals surface area contributed by atoms with E-state index < -0.39 is 5.97 Å². The highest BCUT2D eigenvalue weighted by atomic mass is 16.5. The molecule has 4 fully saturated rings. The van der Waals surface area contributed by atoms with Gasteiger partial charge in [-0.2, -0.15) is 20.2 Å². The Morgan fingerprint density at radius 1 is 0.682 bits per heavy atom. The Balaban J connectivity index is 0.000000174. The largest absolute Gasteiger partial charge is 0.478 e. The minimum absolute atomic E-state index is 0. The van der Waals surface area contributed by atoms with Gasteiger partial charge < -0.3 is 44.4 Å². The summed E-state index contributed by atoms with van der Waals surface area (Å²) in [5.41, 5.74) is 1.96. The van der Waals surface area contributed by atoms with Crippen molar-refractivity contribution in [2.24, 2.45) is 0 Å². The van der Waals surface area contributed by atoms with Gasteiger partial charge in [-0.3, -0.25) is 14.4 Å². The lowest BCUT2D eigenvalue weighted by Crippen LogP contribution is -2.55. The maximum Gasteiger partial charge on any atom is 0.338 e. The minimum Gasteiger partial charge on any atom is -0.478 e. The third-order valence-corrected chi connectivity index (χ3v) is 13.0. The number of aromatic carboxylic acids is 1. The summed E-state index contributed by atoms with van der Waals surface area (Å²) >= 11 is 0. The SMILES string of the molecule is C.C1COCCN1.CC[C@@H]1C(=O)N(C)c2cnc(-n3cc(C(=O)N4CCOCC4)cn3)nc2N1C1CCCC1.CC[C@@H]1C(=O)N(C)c2cnc(-n3cc(C(=O)O)cn3)nc2N1C1CCCC1. The third-order valence-electron chi connectivity index (χ3n) is 13.0. The monoisotopic (exact) mass is 913 g/mol. The molecule has 0 unspecified atom stereocenters. The molecule has 6 aliphatic rings. The average molecular weight is 913 g/mol. The van der Waals surface area contributed by atoms with E-state index in [-0.39, 0.29) is 48.8 Å². The van der Waals surface area contributed by atoms with Crippen molar-refractivity contribution in [2.75, 3.05) is 86.3 Å². The highest BCUT2D eigenvalue weighted by Crippen LogP contribution is 2.41. The van der Waals surface area contributed by atoms with Crippen molar-refractivity contribution in [3.63, 3.8) is 0 Å². The summed E-state index contributed by atoms with van der Waals surface area (Å²) in [4.78, 5) is 77.5. The number of carboxylic acid groups (broad SMARTS) is 1. The topological polar surface area (TPSA) is 222 Å². The van der Waals surface area contributed by atoms with E-state index in [0.717, 1.165) is 77.1 Å². The Labute approximate surface area is 385 Å². The first kappa shape index (κ1) is 47.9. The molecule has 2 saturated heterocycles. The van der Waals surface area contributed by atoms with E-state index in [1.54, 1.807) is 53.6 Å². The standard InChI is InChI=1S/C22H29N7O3.C18H22N6O3.C4H9NO.CH4/c1-3-17-21(31)26(2)18-13-23-22(25-19(18)29(17)16-6-4-5-7-16)28-14-15(12-24-28)20(30)27-8-10-32-11-9-27;1-3-13-16(25)22(2)14-9-19-18(23-10-11(8-20-23)17(26)27)21-15(14)24(13)12-6-4-5-7-12;1-3-6-4-2-5-1;/h12-14,16-17H,3-11H2,1-2H3;8-10,12-13H,3-7H2,1-2H3,(H,26,27);5H,1-4H2;1H4/t17-;13-;;/m11../s1. The Hall–Kier alpha value is -6.06. The number of carbonyl (C=O) groups excluding carboxylic acids is 3. The zero-order chi connectivity index (χ0) is 45.6. The zero-order valence-electron chi connectivity index (χ0n) is 37.7. The molecule has 4 aromatic rings. The molecule has 8 heterocycles. The molecule has 2 N–H and O–H groups in total. The molecule has 356 valence electrons. The summed E-state index contributed by atoms with van der Waals surface area (Å²) in [6.07, 6.45) is 19.4. The lowest BCUT2D eigenvalue weighted by molar-refractivity contribution is -0.120. The number of aromatic nitrogens is 8. The molecular formula is C45H64N14O7. The number of nitrogens with zero attached hydrogens (tertiary/aromatic N) is 13. The molecule has 3 amide bonds. The Morgan fingerprint density at radius 3 is 1.52 bits per heavy atom. The molecule has 2 atom stereocenters. The number of morpholine rings is 2. The van der Waals surface area contributed by atoms with Gasteiger partial charge in [-0.05, 0) is 38.5 Å². The summed E-state index contributed by atoms with van der Waals surface area (Å²) in [6.45, 7) is 10.1. The number of carboxylic acids is 1. The second-order valence-corrected chi connectivity index (χ2v) is 17.0. The van der Waals surface area contributed by atoms with Crippen LogP contribution < -0.4 is 24.9 Å². The predicted molar refractivity (Wildman–Crippen MR) is 247 cm³/mol. The molecule has 10 rings (SSSR count). The van der Waals surface area contributed by atoms with Crippen LogP contribution in [0.3, 0.4) is 0 Å². The maximum atomic E-state index is 13.0. The average Bonchev–Trinajstić information content (AvgIpc) is 4.21. The molecule has 0 radical (unpaired) electrons. The minimum atomic E-state index is -1.05. The number of hydrogen-bond acceptors (Lipinski definition) is 15. The summed E-state index contributed by atoms with van der Waals surface area (Å²) in [5.74, 6) is 1.19. The Kier molecular flexibility index (Phi) is 15.6. The van der Waals surface area contributed by atoms with E-state index in [2.05, 4.69) is 35.3 Å². The van der Waals surface area contributed by atoms with Crippen LogP contribution in [0.5, 0.6) is 0 Å². The molecule has 0 bridgehead atoms. The van der Waals surface area contributed by atoms with E-state index in [4.69, 9.17) is 24.5 Å². The molecule has 2 aliphatic carbocycles. The highest BCUT2D eigenvalue weighted by molar-refractivity contribution is 6.05. The second kappa shape index (κ2) is 21.5. The fourth-order valence-corrected chi connectivity index (χ4v) is 9.52. The summed E-state index contributed by atoms with van der Waals surface area (Å²) in [6, 6.07) is 0.103. The number of rotatable bonds is 8. The predicted octanol–water partition coefficient (Wildman–Crippen LogP) is 3.75. The maximum absolute atomic E-state index is 13.0. The van der Waals surface area contributed by atoms with Crippen molar-refractivity contribution in [1.82, 2.24) is 49.7 Å². The van der Waals surface area contributed by atoms with Crippen molar-refractivity contribution in [1.29, 1.82) is 0 Å². The van der Waals surface area contributed by atoms with Crippen LogP contribution in [0.2, 0.25) is 0 Å². The molecule has 21 nitrogen and oxygen atoms in total. The summed E-state index contributed by atoms with van der Waals surface area (Å²) < 4.78 is 13.2. The van der Waals surface area contributed by atoms with E-state index >= 15 is 0 Å². The van der Waals surface area contributed by atoms with Gasteiger partial charge in [-0.1, -0.05) is 47.0 Å². The zero-order valence-corrected chi connectivity index (χ0v) is 37.7. The molecule has 4 aliphatic heterocycles. The first-order valence-electron chi connectivity index (χ1n) is 22.9. The van der Waals surface area contributed by atoms with Crippen LogP contribution in [0, 0.1) is 0 Å². The van der Waals surface area contributed by atoms with Gasteiger partial charge in [-0.25, -0.2) is 24.1 Å². The van der Waals surface area contributed by atoms with Gasteiger partial charge in [0.15, 0.2) is 11.6 Å². The number of anilines is 4. The number of likely N-dealkylation sites (N-methyl/N-ethyl adjacent to an activating group) is 2. The van der Waals surface area contributed by atoms with Crippen LogP contribution in [-0.2, 0) is 19.1 Å². The molecule has 0 spiro atoms. The van der Waals surface area contributed by atoms with Crippen molar-refractivity contribution in [3.05, 3.63) is 48.3 Å². The van der Waals surface area contributed by atoms with E-state index in [1.807, 2.05) is 13.8 Å². The van der Waals surface area contributed by atoms with Crippen molar-refractivity contribution in [2.45, 2.75) is 110 Å². The lowest BCUT2D eigenvalue weighted by Gasteiger charge is -2.43. The van der Waals surface area contributed by atoms with Crippen molar-refractivity contribution >= 4 is 46.7 Å². The summed E-state index contributed by atoms with van der Waals surface area (Å²) in [7, 11) is 3.53. The fraction of sp³-hybridized carbons (Fsp3) is 0.600.